The van der Waals surface area contributed by atoms with Crippen molar-refractivity contribution in [3.8, 4) is 6.07 Å². The van der Waals surface area contributed by atoms with E-state index in [4.69, 9.17) is 4.74 Å². The zero-order valence-electron chi connectivity index (χ0n) is 14.9. The van der Waals surface area contributed by atoms with E-state index < -0.39 is 4.92 Å². The number of nitriles is 1. The molecular formula is C16H16N8O4. The number of aromatic amines is 1. The number of morpholine rings is 1. The van der Waals surface area contributed by atoms with Gasteiger partial charge < -0.3 is 15.0 Å². The van der Waals surface area contributed by atoms with E-state index in [2.05, 4.69) is 25.9 Å². The van der Waals surface area contributed by atoms with Gasteiger partial charge in [-0.05, 0) is 18.2 Å². The normalized spacial score (nSPS) is 14.4. The minimum Gasteiger partial charge on any atom is -0.378 e. The fourth-order valence-electron chi connectivity index (χ4n) is 2.68. The molecule has 0 atom stereocenters. The predicted octanol–water partition coefficient (Wildman–Crippen LogP) is 0.865. The molecule has 0 bridgehead atoms. The average Bonchev–Trinajstić information content (AvgIpc) is 3.24. The molecule has 1 aromatic heterocycles. The van der Waals surface area contributed by atoms with Gasteiger partial charge in [-0.1, -0.05) is 0 Å². The minimum absolute atomic E-state index is 0.0701. The summed E-state index contributed by atoms with van der Waals surface area (Å²) in [5.41, 5.74) is 0.689. The third kappa shape index (κ3) is 3.94. The van der Waals surface area contributed by atoms with Gasteiger partial charge in [0, 0.05) is 36.6 Å². The molecule has 0 radical (unpaired) electrons. The molecule has 2 aromatic rings. The van der Waals surface area contributed by atoms with E-state index in [9.17, 15) is 20.2 Å². The number of anilines is 1. The largest absolute Gasteiger partial charge is 0.378 e. The molecule has 1 aliphatic rings. The maximum absolute atomic E-state index is 12.7. The molecule has 0 aliphatic carbocycles. The van der Waals surface area contributed by atoms with Crippen LogP contribution in [0.5, 0.6) is 0 Å². The van der Waals surface area contributed by atoms with E-state index >= 15 is 0 Å². The van der Waals surface area contributed by atoms with Crippen LogP contribution in [0.1, 0.15) is 21.7 Å². The van der Waals surface area contributed by atoms with Gasteiger partial charge >= 0.3 is 0 Å². The van der Waals surface area contributed by atoms with E-state index in [1.54, 1.807) is 11.8 Å². The number of tetrazole rings is 1. The number of hydrogen-bond acceptors (Lipinski definition) is 9. The Morgan fingerprint density at radius 3 is 2.82 bits per heavy atom. The number of nitro groups is 1. The van der Waals surface area contributed by atoms with Gasteiger partial charge in [-0.3, -0.25) is 14.9 Å². The van der Waals surface area contributed by atoms with Crippen molar-refractivity contribution in [2.45, 2.75) is 6.92 Å². The number of carbonyl (C=O) groups excluding carboxylic acids is 1. The zero-order chi connectivity index (χ0) is 20.1. The maximum Gasteiger partial charge on any atom is 0.275 e. The number of nitrogens with zero attached hydrogens (tertiary/aromatic N) is 6. The summed E-state index contributed by atoms with van der Waals surface area (Å²) in [5.74, 6) is -0.250. The van der Waals surface area contributed by atoms with E-state index in [-0.39, 0.29) is 28.6 Å². The van der Waals surface area contributed by atoms with Gasteiger partial charge in [0.05, 0.1) is 23.7 Å². The molecule has 0 unspecified atom stereocenters. The molecule has 1 fully saturated rings. The number of ether oxygens (including phenoxy) is 1. The number of amides is 1. The van der Waals surface area contributed by atoms with Gasteiger partial charge in [-0.25, -0.2) is 0 Å². The summed E-state index contributed by atoms with van der Waals surface area (Å²) in [6.07, 6.45) is 1.31. The van der Waals surface area contributed by atoms with E-state index in [0.717, 1.165) is 0 Å². The highest BCUT2D eigenvalue weighted by atomic mass is 16.6. The van der Waals surface area contributed by atoms with Crippen molar-refractivity contribution in [2.24, 2.45) is 0 Å². The Morgan fingerprint density at radius 2 is 2.21 bits per heavy atom. The second-order valence-electron chi connectivity index (χ2n) is 5.88. The van der Waals surface area contributed by atoms with E-state index in [1.165, 1.54) is 18.3 Å². The monoisotopic (exact) mass is 384 g/mol. The van der Waals surface area contributed by atoms with Gasteiger partial charge in [-0.2, -0.15) is 10.5 Å². The first kappa shape index (κ1) is 18.9. The van der Waals surface area contributed by atoms with Gasteiger partial charge in [-0.15, -0.1) is 10.2 Å². The molecule has 2 heterocycles. The van der Waals surface area contributed by atoms with Crippen LogP contribution in [0, 0.1) is 28.4 Å². The number of benzene rings is 1. The lowest BCUT2D eigenvalue weighted by Gasteiger charge is -2.27. The van der Waals surface area contributed by atoms with Crippen molar-refractivity contribution < 1.29 is 14.5 Å². The second-order valence-corrected chi connectivity index (χ2v) is 5.88. The summed E-state index contributed by atoms with van der Waals surface area (Å²) in [4.78, 5) is 25.2. The third-order valence-electron chi connectivity index (χ3n) is 4.20. The molecule has 12 nitrogen and oxygen atoms in total. The zero-order valence-corrected chi connectivity index (χ0v) is 14.9. The van der Waals surface area contributed by atoms with Gasteiger partial charge in [0.2, 0.25) is 5.82 Å². The van der Waals surface area contributed by atoms with Gasteiger partial charge in [0.1, 0.15) is 11.6 Å². The topological polar surface area (TPSA) is 163 Å². The van der Waals surface area contributed by atoms with Crippen molar-refractivity contribution in [1.29, 1.82) is 5.26 Å². The first-order valence-corrected chi connectivity index (χ1v) is 8.28. The molecule has 144 valence electrons. The van der Waals surface area contributed by atoms with Crippen molar-refractivity contribution in [2.75, 3.05) is 31.6 Å². The fourth-order valence-corrected chi connectivity index (χ4v) is 2.68. The van der Waals surface area contributed by atoms with Crippen LogP contribution in [0.2, 0.25) is 0 Å². The lowest BCUT2D eigenvalue weighted by molar-refractivity contribution is -0.385. The molecule has 0 saturated carbocycles. The van der Waals surface area contributed by atoms with Crippen LogP contribution in [-0.4, -0.2) is 62.7 Å². The van der Waals surface area contributed by atoms with Crippen LogP contribution in [0.3, 0.4) is 0 Å². The molecule has 1 amide bonds. The third-order valence-corrected chi connectivity index (χ3v) is 4.20. The lowest BCUT2D eigenvalue weighted by Crippen LogP contribution is -2.40. The number of aromatic nitrogens is 4. The highest BCUT2D eigenvalue weighted by Gasteiger charge is 2.24. The molecule has 0 spiro atoms. The van der Waals surface area contributed by atoms with E-state index in [0.29, 0.717) is 37.6 Å². The number of H-pyrrole nitrogens is 1. The summed E-state index contributed by atoms with van der Waals surface area (Å²) in [6.45, 7) is 3.23. The molecule has 1 saturated heterocycles. The summed E-state index contributed by atoms with van der Waals surface area (Å²) in [7, 11) is 0. The van der Waals surface area contributed by atoms with Gasteiger partial charge in [0.25, 0.3) is 11.6 Å². The van der Waals surface area contributed by atoms with Crippen molar-refractivity contribution in [3.63, 3.8) is 0 Å². The average molecular weight is 384 g/mol. The summed E-state index contributed by atoms with van der Waals surface area (Å²) >= 11 is 0. The maximum atomic E-state index is 12.7. The van der Waals surface area contributed by atoms with Crippen LogP contribution in [0.25, 0.3) is 5.57 Å². The van der Waals surface area contributed by atoms with Gasteiger partial charge in [0.15, 0.2) is 0 Å². The molecule has 1 aromatic carbocycles. The predicted molar refractivity (Wildman–Crippen MR) is 95.9 cm³/mol. The molecule has 3 rings (SSSR count). The molecule has 1 aliphatic heterocycles. The quantitative estimate of drug-likeness (QED) is 0.432. The Hall–Kier alpha value is -3.85. The summed E-state index contributed by atoms with van der Waals surface area (Å²) in [5, 5.41) is 36.6. The van der Waals surface area contributed by atoms with Crippen LogP contribution in [-0.2, 0) is 4.74 Å². The van der Waals surface area contributed by atoms with E-state index in [1.807, 2.05) is 6.07 Å². The lowest BCUT2D eigenvalue weighted by atomic mass is 10.1. The Balaban J connectivity index is 1.95. The number of carbonyl (C=O) groups is 1. The number of rotatable bonds is 5. The molecule has 12 heteroatoms. The van der Waals surface area contributed by atoms with Crippen LogP contribution < -0.4 is 5.32 Å². The Bertz CT molecular complexity index is 958. The smallest absolute Gasteiger partial charge is 0.275 e. The summed E-state index contributed by atoms with van der Waals surface area (Å²) in [6, 6.07) is 4.68. The fraction of sp³-hybridized carbons (Fsp3) is 0.312. The molecule has 2 N–H and O–H groups in total. The highest BCUT2D eigenvalue weighted by molar-refractivity contribution is 5.96. The number of nitro benzene ring substituents is 1. The number of nitrogens with one attached hydrogen (secondary N) is 2. The van der Waals surface area contributed by atoms with Crippen LogP contribution in [0.4, 0.5) is 11.4 Å². The van der Waals surface area contributed by atoms with Crippen molar-refractivity contribution >= 4 is 22.9 Å². The Morgan fingerprint density at radius 1 is 1.46 bits per heavy atom. The highest BCUT2D eigenvalue weighted by Crippen LogP contribution is 2.29. The SMILES string of the molecule is Cc1c(NC=C(C#N)c2nn[nH]n2)cc(C(=O)N2CCOCC2)cc1[N+](=O)[O-]. The standard InChI is InChI=1S/C16H16N8O4/c1-10-13(18-9-12(8-17)15-19-21-22-20-15)6-11(7-14(10)24(26)27)16(25)23-2-4-28-5-3-23/h6-7,9,18H,2-5H2,1H3,(H,19,20,21,22). The first-order valence-electron chi connectivity index (χ1n) is 8.28. The van der Waals surface area contributed by atoms with Crippen molar-refractivity contribution in [1.82, 2.24) is 25.5 Å². The first-order chi connectivity index (χ1) is 13.5. The molecule has 28 heavy (non-hydrogen) atoms. The van der Waals surface area contributed by atoms with Crippen molar-refractivity contribution in [3.05, 3.63) is 45.4 Å². The number of hydrogen-bond donors (Lipinski definition) is 2. The Kier molecular flexibility index (Phi) is 5.56. The second kappa shape index (κ2) is 8.23. The Labute approximate surface area is 158 Å². The number of allylic oxidation sites excluding steroid dienone is 1. The summed E-state index contributed by atoms with van der Waals surface area (Å²) < 4.78 is 5.23. The van der Waals surface area contributed by atoms with Crippen LogP contribution >= 0.6 is 0 Å². The minimum atomic E-state index is -0.551. The molecular weight excluding hydrogens is 368 g/mol. The van der Waals surface area contributed by atoms with Crippen LogP contribution in [0.15, 0.2) is 18.3 Å².